The Balaban J connectivity index is 1.93. The Hall–Kier alpha value is -2.24. The van der Waals surface area contributed by atoms with Crippen LogP contribution in [-0.4, -0.2) is 62.1 Å². The number of carbonyl (C=O) groups excluding carboxylic acids is 1. The van der Waals surface area contributed by atoms with Crippen LogP contribution < -0.4 is 15.5 Å². The van der Waals surface area contributed by atoms with E-state index in [-0.39, 0.29) is 11.9 Å². The lowest BCUT2D eigenvalue weighted by molar-refractivity contribution is -0.121. The van der Waals surface area contributed by atoms with Crippen molar-refractivity contribution in [1.29, 1.82) is 0 Å². The number of aliphatic imine (C=N–C) groups is 1. The molecule has 6 nitrogen and oxygen atoms in total. The smallest absolute Gasteiger partial charge is 0.222 e. The van der Waals surface area contributed by atoms with E-state index in [0.717, 1.165) is 38.7 Å². The first-order valence-electron chi connectivity index (χ1n) is 10.1. The molecule has 150 valence electrons. The Morgan fingerprint density at radius 3 is 2.52 bits per heavy atom. The molecule has 0 atom stereocenters. The quantitative estimate of drug-likeness (QED) is 0.593. The van der Waals surface area contributed by atoms with E-state index in [4.69, 9.17) is 0 Å². The molecule has 1 aromatic rings. The number of guanidine groups is 1. The van der Waals surface area contributed by atoms with Crippen molar-refractivity contribution >= 4 is 17.6 Å². The monoisotopic (exact) mass is 373 g/mol. The number of nitrogens with zero attached hydrogens (tertiary/aromatic N) is 3. The Bertz CT molecular complexity index is 648. The molecule has 2 rings (SSSR count). The third-order valence-electron chi connectivity index (χ3n) is 4.88. The van der Waals surface area contributed by atoms with Crippen LogP contribution in [0.15, 0.2) is 23.2 Å². The number of hydrogen-bond donors (Lipinski definition) is 2. The fourth-order valence-corrected chi connectivity index (χ4v) is 3.32. The van der Waals surface area contributed by atoms with Gasteiger partial charge in [-0.3, -0.25) is 9.79 Å². The minimum Gasteiger partial charge on any atom is -0.368 e. The highest BCUT2D eigenvalue weighted by Crippen LogP contribution is 2.23. The summed E-state index contributed by atoms with van der Waals surface area (Å²) in [5.74, 6) is 0.972. The van der Waals surface area contributed by atoms with Gasteiger partial charge in [0.15, 0.2) is 5.96 Å². The standard InChI is InChI=1S/C21H35N5O/c1-6-22-21(23-11-10-20(27)24-16(2)3)26-14-12-25(13-15-26)19-9-7-8-17(4)18(19)5/h7-9,16H,6,10-15H2,1-5H3,(H,22,23)(H,24,27). The number of hydrogen-bond acceptors (Lipinski definition) is 3. The van der Waals surface area contributed by atoms with Crippen LogP contribution in [-0.2, 0) is 4.79 Å². The molecule has 1 aliphatic rings. The molecule has 1 fully saturated rings. The van der Waals surface area contributed by atoms with Crippen molar-refractivity contribution in [1.82, 2.24) is 15.5 Å². The van der Waals surface area contributed by atoms with Gasteiger partial charge < -0.3 is 20.4 Å². The minimum atomic E-state index is 0.0596. The summed E-state index contributed by atoms with van der Waals surface area (Å²) in [6, 6.07) is 6.69. The summed E-state index contributed by atoms with van der Waals surface area (Å²) < 4.78 is 0. The first kappa shape index (κ1) is 21.1. The summed E-state index contributed by atoms with van der Waals surface area (Å²) >= 11 is 0. The Labute approximate surface area is 164 Å². The molecule has 0 spiro atoms. The fourth-order valence-electron chi connectivity index (χ4n) is 3.32. The first-order valence-corrected chi connectivity index (χ1v) is 10.1. The number of amides is 1. The van der Waals surface area contributed by atoms with Crippen LogP contribution in [0.5, 0.6) is 0 Å². The third-order valence-corrected chi connectivity index (χ3v) is 4.88. The average Bonchev–Trinajstić information content (AvgIpc) is 2.63. The zero-order valence-corrected chi connectivity index (χ0v) is 17.5. The van der Waals surface area contributed by atoms with Gasteiger partial charge in [0.25, 0.3) is 0 Å². The lowest BCUT2D eigenvalue weighted by Crippen LogP contribution is -2.52. The van der Waals surface area contributed by atoms with Crippen LogP contribution >= 0.6 is 0 Å². The number of piperazine rings is 1. The molecule has 27 heavy (non-hydrogen) atoms. The van der Waals surface area contributed by atoms with Crippen molar-refractivity contribution in [3.8, 4) is 0 Å². The summed E-state index contributed by atoms with van der Waals surface area (Å²) in [6.45, 7) is 15.5. The minimum absolute atomic E-state index is 0.0596. The van der Waals surface area contributed by atoms with Crippen molar-refractivity contribution in [3.05, 3.63) is 29.3 Å². The van der Waals surface area contributed by atoms with Gasteiger partial charge in [0, 0.05) is 50.9 Å². The van der Waals surface area contributed by atoms with Gasteiger partial charge in [0.05, 0.1) is 6.54 Å². The van der Waals surface area contributed by atoms with E-state index in [1.807, 2.05) is 13.8 Å². The van der Waals surface area contributed by atoms with Gasteiger partial charge in [0.2, 0.25) is 5.91 Å². The summed E-state index contributed by atoms with van der Waals surface area (Å²) in [4.78, 5) is 21.2. The number of carbonyl (C=O) groups is 1. The van der Waals surface area contributed by atoms with Crippen molar-refractivity contribution < 1.29 is 4.79 Å². The normalized spacial score (nSPS) is 15.3. The second-order valence-electron chi connectivity index (χ2n) is 7.40. The van der Waals surface area contributed by atoms with Gasteiger partial charge >= 0.3 is 0 Å². The Morgan fingerprint density at radius 2 is 1.89 bits per heavy atom. The molecular weight excluding hydrogens is 338 g/mol. The second-order valence-corrected chi connectivity index (χ2v) is 7.40. The SMILES string of the molecule is CCNC(=NCCC(=O)NC(C)C)N1CCN(c2cccc(C)c2C)CC1. The highest BCUT2D eigenvalue weighted by molar-refractivity contribution is 5.81. The summed E-state index contributed by atoms with van der Waals surface area (Å²) in [5.41, 5.74) is 4.04. The predicted molar refractivity (Wildman–Crippen MR) is 114 cm³/mol. The second kappa shape index (κ2) is 10.2. The van der Waals surface area contributed by atoms with E-state index in [0.29, 0.717) is 13.0 Å². The maximum Gasteiger partial charge on any atom is 0.222 e. The van der Waals surface area contributed by atoms with Crippen LogP contribution in [0, 0.1) is 13.8 Å². The molecule has 1 aromatic carbocycles. The average molecular weight is 374 g/mol. The zero-order chi connectivity index (χ0) is 19.8. The Kier molecular flexibility index (Phi) is 7.95. The van der Waals surface area contributed by atoms with Crippen LogP contribution in [0.3, 0.4) is 0 Å². The topological polar surface area (TPSA) is 60.0 Å². The largest absolute Gasteiger partial charge is 0.368 e. The van der Waals surface area contributed by atoms with Crippen molar-refractivity contribution in [2.75, 3.05) is 44.2 Å². The van der Waals surface area contributed by atoms with E-state index in [1.165, 1.54) is 16.8 Å². The van der Waals surface area contributed by atoms with Gasteiger partial charge in [-0.1, -0.05) is 12.1 Å². The van der Waals surface area contributed by atoms with Gasteiger partial charge in [-0.25, -0.2) is 0 Å². The molecule has 6 heteroatoms. The number of rotatable bonds is 6. The van der Waals surface area contributed by atoms with Gasteiger partial charge in [-0.2, -0.15) is 0 Å². The fraction of sp³-hybridized carbons (Fsp3) is 0.619. The van der Waals surface area contributed by atoms with Crippen molar-refractivity contribution in [3.63, 3.8) is 0 Å². The van der Waals surface area contributed by atoms with Crippen LogP contribution in [0.4, 0.5) is 5.69 Å². The molecule has 0 aliphatic carbocycles. The van der Waals surface area contributed by atoms with Gasteiger partial charge in [0.1, 0.15) is 0 Å². The van der Waals surface area contributed by atoms with Gasteiger partial charge in [-0.05, 0) is 51.8 Å². The molecule has 0 saturated carbocycles. The molecule has 2 N–H and O–H groups in total. The lowest BCUT2D eigenvalue weighted by atomic mass is 10.1. The predicted octanol–water partition coefficient (Wildman–Crippen LogP) is 2.31. The molecule has 0 unspecified atom stereocenters. The molecule has 1 saturated heterocycles. The van der Waals surface area contributed by atoms with Crippen molar-refractivity contribution in [2.45, 2.75) is 47.1 Å². The number of benzene rings is 1. The number of nitrogens with one attached hydrogen (secondary N) is 2. The van der Waals surface area contributed by atoms with E-state index in [1.54, 1.807) is 0 Å². The summed E-state index contributed by atoms with van der Waals surface area (Å²) in [5, 5.41) is 6.28. The molecule has 0 bridgehead atoms. The highest BCUT2D eigenvalue weighted by atomic mass is 16.1. The maximum absolute atomic E-state index is 11.8. The molecule has 1 aliphatic heterocycles. The van der Waals surface area contributed by atoms with E-state index >= 15 is 0 Å². The molecule has 0 radical (unpaired) electrons. The molecule has 0 aromatic heterocycles. The van der Waals surface area contributed by atoms with Crippen LogP contribution in [0.2, 0.25) is 0 Å². The zero-order valence-electron chi connectivity index (χ0n) is 17.5. The number of anilines is 1. The molecule has 1 amide bonds. The molecule has 1 heterocycles. The number of aryl methyl sites for hydroxylation is 1. The van der Waals surface area contributed by atoms with Crippen LogP contribution in [0.25, 0.3) is 0 Å². The highest BCUT2D eigenvalue weighted by Gasteiger charge is 2.21. The summed E-state index contributed by atoms with van der Waals surface area (Å²) in [6.07, 6.45) is 0.426. The van der Waals surface area contributed by atoms with E-state index in [2.05, 4.69) is 64.4 Å². The lowest BCUT2D eigenvalue weighted by Gasteiger charge is -2.38. The Morgan fingerprint density at radius 1 is 1.19 bits per heavy atom. The molecular formula is C21H35N5O. The van der Waals surface area contributed by atoms with Crippen molar-refractivity contribution in [2.24, 2.45) is 4.99 Å². The maximum atomic E-state index is 11.8. The summed E-state index contributed by atoms with van der Waals surface area (Å²) in [7, 11) is 0. The van der Waals surface area contributed by atoms with Crippen LogP contribution in [0.1, 0.15) is 38.3 Å². The van der Waals surface area contributed by atoms with Gasteiger partial charge in [-0.15, -0.1) is 0 Å². The first-order chi connectivity index (χ1) is 12.9. The van der Waals surface area contributed by atoms with E-state index < -0.39 is 0 Å². The third kappa shape index (κ3) is 6.15. The van der Waals surface area contributed by atoms with E-state index in [9.17, 15) is 4.79 Å².